The summed E-state index contributed by atoms with van der Waals surface area (Å²) < 4.78 is 1.94. The van der Waals surface area contributed by atoms with Crippen molar-refractivity contribution in [2.75, 3.05) is 20.1 Å². The summed E-state index contributed by atoms with van der Waals surface area (Å²) in [6.45, 7) is 1.72. The van der Waals surface area contributed by atoms with Crippen molar-refractivity contribution in [2.45, 2.75) is 31.8 Å². The second-order valence-corrected chi connectivity index (χ2v) is 6.90. The molecular weight excluding hydrogens is 342 g/mol. The van der Waals surface area contributed by atoms with Gasteiger partial charge in [-0.05, 0) is 43.1 Å². The van der Waals surface area contributed by atoms with Crippen LogP contribution in [-0.2, 0) is 18.4 Å². The van der Waals surface area contributed by atoms with Crippen molar-refractivity contribution < 1.29 is 9.59 Å². The normalized spacial score (nSPS) is 17.5. The fourth-order valence-corrected chi connectivity index (χ4v) is 3.68. The lowest BCUT2D eigenvalue weighted by Crippen LogP contribution is -2.42. The maximum atomic E-state index is 12.5. The molecule has 2 N–H and O–H groups in total. The molecule has 1 aliphatic heterocycles. The van der Waals surface area contributed by atoms with Crippen molar-refractivity contribution in [3.63, 3.8) is 0 Å². The average molecular weight is 369 g/mol. The summed E-state index contributed by atoms with van der Waals surface area (Å²) in [4.78, 5) is 30.7. The predicted octanol–water partition coefficient (Wildman–Crippen LogP) is 1.62. The maximum Gasteiger partial charge on any atom is 0.267 e. The molecule has 2 amide bonds. The highest BCUT2D eigenvalue weighted by molar-refractivity contribution is 5.92. The number of rotatable bonds is 6. The van der Waals surface area contributed by atoms with Crippen LogP contribution in [0.25, 0.3) is 0 Å². The van der Waals surface area contributed by atoms with E-state index in [4.69, 9.17) is 0 Å². The molecular formula is C20H27N5O2. The predicted molar refractivity (Wildman–Crippen MR) is 103 cm³/mol. The van der Waals surface area contributed by atoms with E-state index >= 15 is 0 Å². The molecule has 7 nitrogen and oxygen atoms in total. The van der Waals surface area contributed by atoms with Gasteiger partial charge >= 0.3 is 0 Å². The van der Waals surface area contributed by atoms with Crippen LogP contribution in [0.15, 0.2) is 36.7 Å². The number of likely N-dealkylation sites (tertiary alicyclic amines) is 1. The summed E-state index contributed by atoms with van der Waals surface area (Å²) >= 11 is 0. The summed E-state index contributed by atoms with van der Waals surface area (Å²) in [6.07, 6.45) is 6.67. The summed E-state index contributed by atoms with van der Waals surface area (Å²) in [5.74, 6) is -0.0909. The van der Waals surface area contributed by atoms with Crippen molar-refractivity contribution >= 4 is 11.8 Å². The Hall–Kier alpha value is -2.67. The second-order valence-electron chi connectivity index (χ2n) is 6.90. The standard InChI is InChI=1S/C20H27N5O2/c1-21-20(27)18-9-8-16(24(18)2)17-7-3-4-11-25(17)14-19(26)23-13-15-6-5-10-22-12-15/h5-6,8-10,12,17H,3-4,7,11,13-14H2,1-2H3,(H,21,27)(H,23,26)/t17-/m1/s1. The van der Waals surface area contributed by atoms with Gasteiger partial charge in [0.25, 0.3) is 5.91 Å². The number of piperidine rings is 1. The Labute approximate surface area is 159 Å². The smallest absolute Gasteiger partial charge is 0.267 e. The van der Waals surface area contributed by atoms with E-state index in [0.717, 1.165) is 37.1 Å². The van der Waals surface area contributed by atoms with E-state index in [1.54, 1.807) is 19.4 Å². The quantitative estimate of drug-likeness (QED) is 0.811. The van der Waals surface area contributed by atoms with Crippen LogP contribution >= 0.6 is 0 Å². The Bertz CT molecular complexity index is 787. The van der Waals surface area contributed by atoms with Crippen LogP contribution in [0.3, 0.4) is 0 Å². The molecule has 0 bridgehead atoms. The number of carbonyl (C=O) groups excluding carboxylic acids is 2. The van der Waals surface area contributed by atoms with Crippen molar-refractivity contribution in [1.82, 2.24) is 25.1 Å². The molecule has 1 saturated heterocycles. The van der Waals surface area contributed by atoms with Crippen LogP contribution in [0.4, 0.5) is 0 Å². The first kappa shape index (κ1) is 19.1. The fraction of sp³-hybridized carbons (Fsp3) is 0.450. The number of nitrogens with zero attached hydrogens (tertiary/aromatic N) is 3. The molecule has 0 unspecified atom stereocenters. The third-order valence-electron chi connectivity index (χ3n) is 5.13. The Kier molecular flexibility index (Phi) is 6.24. The lowest BCUT2D eigenvalue weighted by molar-refractivity contribution is -0.123. The van der Waals surface area contributed by atoms with Crippen LogP contribution in [0.1, 0.15) is 47.1 Å². The third kappa shape index (κ3) is 4.54. The first-order valence-corrected chi connectivity index (χ1v) is 9.37. The van der Waals surface area contributed by atoms with Crippen molar-refractivity contribution in [3.05, 3.63) is 53.6 Å². The molecule has 0 aliphatic carbocycles. The van der Waals surface area contributed by atoms with Gasteiger partial charge in [-0.2, -0.15) is 0 Å². The highest BCUT2D eigenvalue weighted by atomic mass is 16.2. The highest BCUT2D eigenvalue weighted by Gasteiger charge is 2.28. The minimum absolute atomic E-state index is 0.00601. The first-order valence-electron chi connectivity index (χ1n) is 9.37. The fourth-order valence-electron chi connectivity index (χ4n) is 3.68. The molecule has 27 heavy (non-hydrogen) atoms. The average Bonchev–Trinajstić information content (AvgIpc) is 3.08. The topological polar surface area (TPSA) is 79.3 Å². The van der Waals surface area contributed by atoms with E-state index in [1.165, 1.54) is 0 Å². The van der Waals surface area contributed by atoms with Gasteiger partial charge < -0.3 is 15.2 Å². The van der Waals surface area contributed by atoms with Crippen molar-refractivity contribution in [3.8, 4) is 0 Å². The zero-order valence-electron chi connectivity index (χ0n) is 15.9. The van der Waals surface area contributed by atoms with Gasteiger partial charge in [0.2, 0.25) is 5.91 Å². The zero-order valence-corrected chi connectivity index (χ0v) is 15.9. The molecule has 2 aromatic heterocycles. The molecule has 3 rings (SSSR count). The van der Waals surface area contributed by atoms with Crippen molar-refractivity contribution in [1.29, 1.82) is 0 Å². The molecule has 1 aliphatic rings. The van der Waals surface area contributed by atoms with Crippen LogP contribution in [0.2, 0.25) is 0 Å². The Morgan fingerprint density at radius 1 is 1.26 bits per heavy atom. The van der Waals surface area contributed by atoms with E-state index in [0.29, 0.717) is 18.8 Å². The van der Waals surface area contributed by atoms with Gasteiger partial charge in [-0.3, -0.25) is 19.5 Å². The largest absolute Gasteiger partial charge is 0.354 e. The van der Waals surface area contributed by atoms with Gasteiger partial charge in [0, 0.05) is 38.7 Å². The molecule has 0 aromatic carbocycles. The number of aromatic nitrogens is 2. The minimum atomic E-state index is -0.0969. The van der Waals surface area contributed by atoms with Gasteiger partial charge in [-0.1, -0.05) is 12.5 Å². The molecule has 0 radical (unpaired) electrons. The zero-order chi connectivity index (χ0) is 19.2. The highest BCUT2D eigenvalue weighted by Crippen LogP contribution is 2.31. The summed E-state index contributed by atoms with van der Waals surface area (Å²) in [5.41, 5.74) is 2.70. The molecule has 2 aromatic rings. The Morgan fingerprint density at radius 3 is 2.85 bits per heavy atom. The molecule has 144 valence electrons. The van der Waals surface area contributed by atoms with Gasteiger partial charge in [-0.15, -0.1) is 0 Å². The summed E-state index contributed by atoms with van der Waals surface area (Å²) in [5, 5.41) is 5.65. The number of carbonyl (C=O) groups is 2. The van der Waals surface area contributed by atoms with Crippen LogP contribution in [0, 0.1) is 0 Å². The molecule has 1 atom stereocenters. The number of nitrogens with one attached hydrogen (secondary N) is 2. The molecule has 3 heterocycles. The Morgan fingerprint density at radius 2 is 2.11 bits per heavy atom. The van der Waals surface area contributed by atoms with Crippen molar-refractivity contribution in [2.24, 2.45) is 7.05 Å². The SMILES string of the molecule is CNC(=O)c1ccc([C@H]2CCCCN2CC(=O)NCc2cccnc2)n1C. The third-order valence-corrected chi connectivity index (χ3v) is 5.13. The number of hydrogen-bond donors (Lipinski definition) is 2. The van der Waals surface area contributed by atoms with E-state index < -0.39 is 0 Å². The van der Waals surface area contributed by atoms with Gasteiger partial charge in [0.15, 0.2) is 0 Å². The molecule has 1 fully saturated rings. The number of pyridine rings is 1. The summed E-state index contributed by atoms with van der Waals surface area (Å²) in [6, 6.07) is 7.80. The number of hydrogen-bond acceptors (Lipinski definition) is 4. The van der Waals surface area contributed by atoms with Crippen LogP contribution in [-0.4, -0.2) is 46.4 Å². The summed E-state index contributed by atoms with van der Waals surface area (Å²) in [7, 11) is 3.55. The molecule has 7 heteroatoms. The van der Waals surface area contributed by atoms with E-state index in [2.05, 4.69) is 20.5 Å². The van der Waals surface area contributed by atoms with Gasteiger partial charge in [-0.25, -0.2) is 0 Å². The van der Waals surface area contributed by atoms with Crippen LogP contribution < -0.4 is 10.6 Å². The van der Waals surface area contributed by atoms with E-state index in [1.807, 2.05) is 35.9 Å². The second kappa shape index (κ2) is 8.81. The lowest BCUT2D eigenvalue weighted by atomic mass is 9.99. The van der Waals surface area contributed by atoms with E-state index in [9.17, 15) is 9.59 Å². The van der Waals surface area contributed by atoms with Crippen LogP contribution in [0.5, 0.6) is 0 Å². The molecule has 0 saturated carbocycles. The van der Waals surface area contributed by atoms with E-state index in [-0.39, 0.29) is 17.9 Å². The van der Waals surface area contributed by atoms with Gasteiger partial charge in [0.05, 0.1) is 12.6 Å². The molecule has 0 spiro atoms. The van der Waals surface area contributed by atoms with Gasteiger partial charge in [0.1, 0.15) is 5.69 Å². The number of amides is 2. The maximum absolute atomic E-state index is 12.5. The monoisotopic (exact) mass is 369 g/mol. The minimum Gasteiger partial charge on any atom is -0.354 e. The lowest BCUT2D eigenvalue weighted by Gasteiger charge is -2.35. The first-order chi connectivity index (χ1) is 13.1. The Balaban J connectivity index is 1.66.